The van der Waals surface area contributed by atoms with Crippen molar-refractivity contribution in [3.63, 3.8) is 0 Å². The maximum atomic E-state index is 13.8. The second-order valence-corrected chi connectivity index (χ2v) is 10.2. The van der Waals surface area contributed by atoms with Crippen LogP contribution in [0, 0.1) is 5.82 Å². The quantitative estimate of drug-likeness (QED) is 0.195. The van der Waals surface area contributed by atoms with Crippen LogP contribution in [0.25, 0.3) is 0 Å². The second kappa shape index (κ2) is 11.6. The first-order chi connectivity index (χ1) is 16.6. The molecule has 0 bridgehead atoms. The van der Waals surface area contributed by atoms with Crippen LogP contribution in [0.1, 0.15) is 73.2 Å². The summed E-state index contributed by atoms with van der Waals surface area (Å²) >= 11 is 0. The van der Waals surface area contributed by atoms with Gasteiger partial charge < -0.3 is 8.92 Å². The fraction of sp³-hybridized carbons (Fsp3) is 0.480. The van der Waals surface area contributed by atoms with Gasteiger partial charge in [0.2, 0.25) is 5.75 Å². The van der Waals surface area contributed by atoms with Crippen molar-refractivity contribution in [2.45, 2.75) is 64.3 Å². The van der Waals surface area contributed by atoms with Crippen molar-refractivity contribution in [2.24, 2.45) is 0 Å². The summed E-state index contributed by atoms with van der Waals surface area (Å²) in [5, 5.41) is 0. The number of hydrogen-bond acceptors (Lipinski definition) is 7. The Balaban J connectivity index is 1.97. The number of carbonyl (C=O) groups excluding carboxylic acids is 1. The van der Waals surface area contributed by atoms with Gasteiger partial charge in [0.25, 0.3) is 5.56 Å². The summed E-state index contributed by atoms with van der Waals surface area (Å²) in [6.45, 7) is 6.30. The molecule has 0 radical (unpaired) electrons. The van der Waals surface area contributed by atoms with Crippen molar-refractivity contribution >= 4 is 15.9 Å². The van der Waals surface area contributed by atoms with E-state index >= 15 is 0 Å². The Morgan fingerprint density at radius 2 is 2.11 bits per heavy atom. The highest BCUT2D eigenvalue weighted by molar-refractivity contribution is 7.86. The fourth-order valence-electron chi connectivity index (χ4n) is 4.16. The standard InChI is InChI=1S/C25H31FN2O6S/c1-4-6-15-33-21-16-19(26)12-10-18(21)11-13-20(29)22-23(34-35(3,31)32)25(30)28-14-8-7-9-17(5-2)24(28)27-22/h4,10,12,16-17H,1,5-9,11,13-15H2,2-3H3. The molecule has 2 aromatic rings. The van der Waals surface area contributed by atoms with E-state index in [1.165, 1.54) is 22.8 Å². The molecular formula is C25H31FN2O6S. The summed E-state index contributed by atoms with van der Waals surface area (Å²) in [7, 11) is -4.08. The normalized spacial score (nSPS) is 15.7. The second-order valence-electron chi connectivity index (χ2n) is 8.59. The van der Waals surface area contributed by atoms with Crippen LogP contribution in [-0.2, 0) is 23.1 Å². The summed E-state index contributed by atoms with van der Waals surface area (Å²) in [4.78, 5) is 31.0. The molecule has 0 spiro atoms. The molecule has 1 unspecified atom stereocenters. The van der Waals surface area contributed by atoms with Crippen LogP contribution in [0.5, 0.6) is 11.5 Å². The van der Waals surface area contributed by atoms with Gasteiger partial charge in [0.05, 0.1) is 12.9 Å². The van der Waals surface area contributed by atoms with Crippen LogP contribution < -0.4 is 14.5 Å². The van der Waals surface area contributed by atoms with Crippen LogP contribution in [0.3, 0.4) is 0 Å². The molecule has 0 aliphatic carbocycles. The fourth-order valence-corrected chi connectivity index (χ4v) is 4.61. The van der Waals surface area contributed by atoms with Gasteiger partial charge in [-0.3, -0.25) is 14.2 Å². The average Bonchev–Trinajstić information content (AvgIpc) is 3.01. The van der Waals surface area contributed by atoms with E-state index in [-0.39, 0.29) is 24.5 Å². The van der Waals surface area contributed by atoms with Gasteiger partial charge in [-0.05, 0) is 43.7 Å². The number of benzene rings is 1. The Morgan fingerprint density at radius 3 is 2.80 bits per heavy atom. The number of Topliss-reactive ketones (excluding diaryl/α,β-unsaturated/α-hetero) is 1. The van der Waals surface area contributed by atoms with Crippen molar-refractivity contribution in [3.05, 3.63) is 64.1 Å². The zero-order valence-electron chi connectivity index (χ0n) is 20.1. The lowest BCUT2D eigenvalue weighted by atomic mass is 9.99. The minimum absolute atomic E-state index is 0.0222. The van der Waals surface area contributed by atoms with Gasteiger partial charge in [0.1, 0.15) is 17.4 Å². The van der Waals surface area contributed by atoms with Gasteiger partial charge in [-0.15, -0.1) is 6.58 Å². The van der Waals surface area contributed by atoms with Crippen LogP contribution >= 0.6 is 0 Å². The molecule has 1 aromatic heterocycles. The summed E-state index contributed by atoms with van der Waals surface area (Å²) < 4.78 is 49.6. The smallest absolute Gasteiger partial charge is 0.306 e. The topological polar surface area (TPSA) is 105 Å². The van der Waals surface area contributed by atoms with E-state index < -0.39 is 33.0 Å². The first-order valence-electron chi connectivity index (χ1n) is 11.7. The highest BCUT2D eigenvalue weighted by atomic mass is 32.2. The number of aryl methyl sites for hydroxylation is 1. The number of hydrogen-bond donors (Lipinski definition) is 0. The maximum Gasteiger partial charge on any atom is 0.306 e. The third-order valence-electron chi connectivity index (χ3n) is 5.93. The van der Waals surface area contributed by atoms with Crippen molar-refractivity contribution in [1.29, 1.82) is 0 Å². The molecule has 190 valence electrons. The molecule has 35 heavy (non-hydrogen) atoms. The molecule has 0 saturated heterocycles. The third kappa shape index (κ3) is 6.78. The van der Waals surface area contributed by atoms with Crippen molar-refractivity contribution in [3.8, 4) is 11.5 Å². The van der Waals surface area contributed by atoms with Crippen molar-refractivity contribution < 1.29 is 26.5 Å². The summed E-state index contributed by atoms with van der Waals surface area (Å²) in [6, 6.07) is 4.06. The zero-order valence-corrected chi connectivity index (χ0v) is 20.9. The molecule has 0 saturated carbocycles. The highest BCUT2D eigenvalue weighted by Gasteiger charge is 2.29. The number of rotatable bonds is 11. The van der Waals surface area contributed by atoms with Gasteiger partial charge in [0.15, 0.2) is 11.5 Å². The number of ether oxygens (including phenoxy) is 1. The molecule has 0 fully saturated rings. The van der Waals surface area contributed by atoms with E-state index in [1.54, 1.807) is 6.08 Å². The lowest BCUT2D eigenvalue weighted by Crippen LogP contribution is -2.31. The first-order valence-corrected chi connectivity index (χ1v) is 13.6. The summed E-state index contributed by atoms with van der Waals surface area (Å²) in [6.07, 6.45) is 6.34. The van der Waals surface area contributed by atoms with Gasteiger partial charge >= 0.3 is 10.1 Å². The van der Waals surface area contributed by atoms with E-state index in [1.807, 2.05) is 6.92 Å². The molecule has 1 atom stereocenters. The van der Waals surface area contributed by atoms with Crippen molar-refractivity contribution in [1.82, 2.24) is 9.55 Å². The third-order valence-corrected chi connectivity index (χ3v) is 6.40. The number of ketones is 1. The molecule has 8 nitrogen and oxygen atoms in total. The van der Waals surface area contributed by atoms with Crippen LogP contribution in [-0.4, -0.2) is 36.6 Å². The molecule has 3 rings (SSSR count). The number of carbonyl (C=O) groups is 1. The lowest BCUT2D eigenvalue weighted by molar-refractivity contribution is 0.0975. The summed E-state index contributed by atoms with van der Waals surface area (Å²) in [5.74, 6) is -0.804. The Kier molecular flexibility index (Phi) is 8.82. The van der Waals surface area contributed by atoms with E-state index in [0.717, 1.165) is 31.9 Å². The minimum Gasteiger partial charge on any atom is -0.493 e. The predicted octanol–water partition coefficient (Wildman–Crippen LogP) is 4.17. The first kappa shape index (κ1) is 26.6. The van der Waals surface area contributed by atoms with Gasteiger partial charge in [0, 0.05) is 24.9 Å². The van der Waals surface area contributed by atoms with E-state index in [2.05, 4.69) is 11.6 Å². The number of fused-ring (bicyclic) bond motifs is 1. The monoisotopic (exact) mass is 506 g/mol. The number of halogens is 1. The minimum atomic E-state index is -4.08. The zero-order chi connectivity index (χ0) is 25.6. The van der Waals surface area contributed by atoms with Crippen LogP contribution in [0.15, 0.2) is 35.6 Å². The van der Waals surface area contributed by atoms with Gasteiger partial charge in [-0.1, -0.05) is 25.5 Å². The molecule has 1 aliphatic rings. The Hall–Kier alpha value is -3.01. The molecule has 0 amide bonds. The van der Waals surface area contributed by atoms with Crippen molar-refractivity contribution in [2.75, 3.05) is 12.9 Å². The molecule has 10 heteroatoms. The predicted molar refractivity (Wildman–Crippen MR) is 130 cm³/mol. The van der Waals surface area contributed by atoms with Crippen LogP contribution in [0.4, 0.5) is 4.39 Å². The lowest BCUT2D eigenvalue weighted by Gasteiger charge is -2.18. The maximum absolute atomic E-state index is 13.8. The average molecular weight is 507 g/mol. The molecular weight excluding hydrogens is 475 g/mol. The molecule has 1 aliphatic heterocycles. The van der Waals surface area contributed by atoms with Gasteiger partial charge in [-0.2, -0.15) is 8.42 Å². The largest absolute Gasteiger partial charge is 0.493 e. The highest BCUT2D eigenvalue weighted by Crippen LogP contribution is 2.30. The van der Waals surface area contributed by atoms with Gasteiger partial charge in [-0.25, -0.2) is 9.37 Å². The van der Waals surface area contributed by atoms with E-state index in [9.17, 15) is 22.4 Å². The molecule has 1 aromatic carbocycles. The SMILES string of the molecule is C=CCCOc1cc(F)ccc1CCC(=O)c1nc2n(c(=O)c1OS(C)(=O)=O)CCCCC2CC. The Bertz CT molecular complexity index is 1260. The summed E-state index contributed by atoms with van der Waals surface area (Å²) in [5.41, 5.74) is -0.352. The molecule has 2 heterocycles. The number of aromatic nitrogens is 2. The Labute approximate surface area is 204 Å². The number of nitrogens with zero attached hydrogens (tertiary/aromatic N) is 2. The molecule has 0 N–H and O–H groups in total. The Morgan fingerprint density at radius 1 is 1.34 bits per heavy atom. The van der Waals surface area contributed by atoms with E-state index in [4.69, 9.17) is 8.92 Å². The van der Waals surface area contributed by atoms with Crippen LogP contribution in [0.2, 0.25) is 0 Å². The van der Waals surface area contributed by atoms with E-state index in [0.29, 0.717) is 36.7 Å².